The van der Waals surface area contributed by atoms with Gasteiger partial charge in [0, 0.05) is 10.8 Å². The van der Waals surface area contributed by atoms with E-state index in [1.807, 2.05) is 18.2 Å². The van der Waals surface area contributed by atoms with Crippen molar-refractivity contribution in [3.8, 4) is 5.95 Å². The third-order valence-corrected chi connectivity index (χ3v) is 2.96. The van der Waals surface area contributed by atoms with Crippen LogP contribution in [0.2, 0.25) is 0 Å². The summed E-state index contributed by atoms with van der Waals surface area (Å²) in [6.07, 6.45) is 3.20. The molecular weight excluding hydrogens is 218 g/mol. The Morgan fingerprint density at radius 3 is 3.00 bits per heavy atom. The van der Waals surface area contributed by atoms with Gasteiger partial charge in [0.15, 0.2) is 0 Å². The average Bonchev–Trinajstić information content (AvgIpc) is 2.94. The molecular formula is C12H7N3O2. The quantitative estimate of drug-likeness (QED) is 0.482. The Labute approximate surface area is 94.7 Å². The van der Waals surface area contributed by atoms with Crippen molar-refractivity contribution in [2.24, 2.45) is 0 Å². The molecule has 0 amide bonds. The van der Waals surface area contributed by atoms with Crippen LogP contribution in [-0.4, -0.2) is 20.3 Å². The maximum absolute atomic E-state index is 9.56. The van der Waals surface area contributed by atoms with Crippen molar-refractivity contribution in [3.63, 3.8) is 0 Å². The summed E-state index contributed by atoms with van der Waals surface area (Å²) in [6, 6.07) is 5.72. The van der Waals surface area contributed by atoms with Crippen LogP contribution >= 0.6 is 0 Å². The molecule has 4 aromatic rings. The van der Waals surface area contributed by atoms with Gasteiger partial charge >= 0.3 is 0 Å². The topological polar surface area (TPSA) is 74.9 Å². The molecule has 0 fully saturated rings. The van der Waals surface area contributed by atoms with Gasteiger partial charge in [-0.25, -0.2) is 4.98 Å². The van der Waals surface area contributed by atoms with Gasteiger partial charge in [0.1, 0.15) is 11.8 Å². The Kier molecular flexibility index (Phi) is 1.39. The molecule has 0 saturated heterocycles. The van der Waals surface area contributed by atoms with Gasteiger partial charge in [-0.15, -0.1) is 0 Å². The highest BCUT2D eigenvalue weighted by Crippen LogP contribution is 2.31. The fourth-order valence-corrected chi connectivity index (χ4v) is 2.12. The van der Waals surface area contributed by atoms with E-state index in [2.05, 4.69) is 15.2 Å². The number of pyridine rings is 1. The second kappa shape index (κ2) is 2.76. The summed E-state index contributed by atoms with van der Waals surface area (Å²) in [5.41, 5.74) is 2.45. The second-order valence-electron chi connectivity index (χ2n) is 3.93. The molecule has 17 heavy (non-hydrogen) atoms. The van der Waals surface area contributed by atoms with Gasteiger partial charge < -0.3 is 9.52 Å². The molecule has 0 spiro atoms. The predicted octanol–water partition coefficient (Wildman–Crippen LogP) is 2.56. The lowest BCUT2D eigenvalue weighted by atomic mass is 10.1. The summed E-state index contributed by atoms with van der Waals surface area (Å²) in [5.74, 6) is -0.102. The number of aromatic nitrogens is 3. The second-order valence-corrected chi connectivity index (χ2v) is 3.93. The lowest BCUT2D eigenvalue weighted by Crippen LogP contribution is -1.80. The lowest BCUT2D eigenvalue weighted by Gasteiger charge is -1.98. The van der Waals surface area contributed by atoms with Gasteiger partial charge in [-0.3, -0.25) is 5.10 Å². The van der Waals surface area contributed by atoms with Crippen molar-refractivity contribution in [2.75, 3.05) is 0 Å². The summed E-state index contributed by atoms with van der Waals surface area (Å²) in [5, 5.41) is 19.0. The maximum Gasteiger partial charge on any atom is 0.291 e. The number of fused-ring (bicyclic) bond motifs is 4. The Morgan fingerprint density at radius 2 is 2.06 bits per heavy atom. The molecule has 3 heterocycles. The highest BCUT2D eigenvalue weighted by atomic mass is 16.5. The van der Waals surface area contributed by atoms with Crippen molar-refractivity contribution in [3.05, 3.63) is 30.7 Å². The van der Waals surface area contributed by atoms with Crippen LogP contribution in [0, 0.1) is 0 Å². The standard InChI is InChI=1S/C12H7N3O2/c16-12-7-3-6-8-4-13-15-10(8)2-1-9(6)14-11(7)5-17-12/h1-5,16H,(H,13,15). The predicted molar refractivity (Wildman–Crippen MR) is 62.8 cm³/mol. The third-order valence-electron chi connectivity index (χ3n) is 2.96. The number of rotatable bonds is 0. The van der Waals surface area contributed by atoms with Crippen molar-refractivity contribution in [1.82, 2.24) is 15.2 Å². The molecule has 0 aliphatic carbocycles. The van der Waals surface area contributed by atoms with Crippen molar-refractivity contribution in [1.29, 1.82) is 0 Å². The molecule has 4 rings (SSSR count). The molecule has 0 atom stereocenters. The van der Waals surface area contributed by atoms with Crippen molar-refractivity contribution in [2.45, 2.75) is 0 Å². The smallest absolute Gasteiger partial charge is 0.291 e. The first kappa shape index (κ1) is 8.58. The van der Waals surface area contributed by atoms with E-state index < -0.39 is 0 Å². The molecule has 0 unspecified atom stereocenters. The van der Waals surface area contributed by atoms with E-state index in [-0.39, 0.29) is 5.95 Å². The molecule has 0 bridgehead atoms. The van der Waals surface area contributed by atoms with E-state index >= 15 is 0 Å². The average molecular weight is 225 g/mol. The van der Waals surface area contributed by atoms with E-state index in [9.17, 15) is 5.11 Å². The van der Waals surface area contributed by atoms with Gasteiger partial charge in [-0.2, -0.15) is 5.10 Å². The highest BCUT2D eigenvalue weighted by Gasteiger charge is 2.10. The molecule has 5 heteroatoms. The number of nitrogens with zero attached hydrogens (tertiary/aromatic N) is 2. The van der Waals surface area contributed by atoms with Crippen LogP contribution < -0.4 is 0 Å². The number of aromatic hydroxyl groups is 1. The summed E-state index contributed by atoms with van der Waals surface area (Å²) in [6.45, 7) is 0. The first-order valence-electron chi connectivity index (χ1n) is 5.16. The Hall–Kier alpha value is -2.56. The minimum absolute atomic E-state index is 0.102. The minimum Gasteiger partial charge on any atom is -0.480 e. The number of benzene rings is 1. The molecule has 0 saturated carbocycles. The van der Waals surface area contributed by atoms with Crippen LogP contribution in [0.3, 0.4) is 0 Å². The van der Waals surface area contributed by atoms with Crippen LogP contribution in [0.15, 0.2) is 35.1 Å². The van der Waals surface area contributed by atoms with Crippen LogP contribution in [0.25, 0.3) is 32.7 Å². The summed E-state index contributed by atoms with van der Waals surface area (Å²) < 4.78 is 4.95. The largest absolute Gasteiger partial charge is 0.480 e. The zero-order chi connectivity index (χ0) is 11.4. The van der Waals surface area contributed by atoms with Gasteiger partial charge in [-0.05, 0) is 18.2 Å². The number of nitrogens with one attached hydrogen (secondary N) is 1. The summed E-state index contributed by atoms with van der Waals surface area (Å²) in [7, 11) is 0. The molecule has 1 aromatic carbocycles. The first-order chi connectivity index (χ1) is 8.33. The van der Waals surface area contributed by atoms with Gasteiger partial charge in [0.2, 0.25) is 0 Å². The molecule has 2 N–H and O–H groups in total. The Morgan fingerprint density at radius 1 is 1.12 bits per heavy atom. The SMILES string of the molecule is Oc1occ2nc3ccc4[nH]ncc4c3cc12. The van der Waals surface area contributed by atoms with Crippen LogP contribution in [-0.2, 0) is 0 Å². The van der Waals surface area contributed by atoms with Gasteiger partial charge in [0.25, 0.3) is 5.95 Å². The molecule has 3 aromatic heterocycles. The molecule has 82 valence electrons. The monoisotopic (exact) mass is 225 g/mol. The Bertz CT molecular complexity index is 860. The fraction of sp³-hybridized carbons (Fsp3) is 0. The van der Waals surface area contributed by atoms with E-state index in [1.54, 1.807) is 6.20 Å². The number of hydrogen-bond acceptors (Lipinski definition) is 4. The van der Waals surface area contributed by atoms with E-state index in [0.717, 1.165) is 21.8 Å². The van der Waals surface area contributed by atoms with E-state index in [0.29, 0.717) is 10.9 Å². The lowest BCUT2D eigenvalue weighted by molar-refractivity contribution is 0.338. The van der Waals surface area contributed by atoms with Crippen LogP contribution in [0.1, 0.15) is 0 Å². The van der Waals surface area contributed by atoms with Crippen molar-refractivity contribution < 1.29 is 9.52 Å². The van der Waals surface area contributed by atoms with Crippen LogP contribution in [0.5, 0.6) is 5.95 Å². The minimum atomic E-state index is -0.102. The first-order valence-corrected chi connectivity index (χ1v) is 5.16. The van der Waals surface area contributed by atoms with E-state index in [1.165, 1.54) is 6.26 Å². The normalized spacial score (nSPS) is 11.8. The zero-order valence-electron chi connectivity index (χ0n) is 8.64. The summed E-state index contributed by atoms with van der Waals surface area (Å²) in [4.78, 5) is 4.43. The zero-order valence-corrected chi connectivity index (χ0v) is 8.64. The number of aromatic amines is 1. The summed E-state index contributed by atoms with van der Waals surface area (Å²) >= 11 is 0. The Balaban J connectivity index is 2.31. The maximum atomic E-state index is 9.56. The van der Waals surface area contributed by atoms with E-state index in [4.69, 9.17) is 4.42 Å². The molecule has 0 radical (unpaired) electrons. The van der Waals surface area contributed by atoms with Gasteiger partial charge in [-0.1, -0.05) is 0 Å². The highest BCUT2D eigenvalue weighted by molar-refractivity contribution is 6.08. The number of H-pyrrole nitrogens is 1. The third kappa shape index (κ3) is 1.02. The molecule has 0 aliphatic heterocycles. The van der Waals surface area contributed by atoms with Crippen LogP contribution in [0.4, 0.5) is 0 Å². The number of furan rings is 1. The number of hydrogen-bond donors (Lipinski definition) is 2. The molecule has 5 nitrogen and oxygen atoms in total. The fourth-order valence-electron chi connectivity index (χ4n) is 2.12. The molecule has 0 aliphatic rings. The van der Waals surface area contributed by atoms with Crippen molar-refractivity contribution >= 4 is 32.7 Å². The van der Waals surface area contributed by atoms with Gasteiger partial charge in [0.05, 0.1) is 22.6 Å².